The van der Waals surface area contributed by atoms with E-state index in [-0.39, 0.29) is 18.1 Å². The molecule has 2 amide bonds. The maximum absolute atomic E-state index is 12.5. The maximum Gasteiger partial charge on any atom is 0.278 e. The molecule has 156 valence electrons. The molecular formula is C20H20ClN5O4. The van der Waals surface area contributed by atoms with Gasteiger partial charge in [0.1, 0.15) is 18.0 Å². The van der Waals surface area contributed by atoms with E-state index in [1.807, 2.05) is 0 Å². The molecule has 10 heteroatoms. The van der Waals surface area contributed by atoms with Crippen molar-refractivity contribution in [2.24, 2.45) is 0 Å². The second kappa shape index (κ2) is 9.27. The first-order valence-corrected chi connectivity index (χ1v) is 9.28. The van der Waals surface area contributed by atoms with E-state index in [1.165, 1.54) is 11.8 Å². The van der Waals surface area contributed by atoms with Gasteiger partial charge >= 0.3 is 0 Å². The van der Waals surface area contributed by atoms with Crippen molar-refractivity contribution in [1.29, 1.82) is 0 Å². The standard InChI is InChI=1S/C20H20ClN5O4/c1-12-19(20(28)23-15-7-5-4-6-14(15)21)24-25-26(12)11-18(27)22-16-9-8-13(29-2)10-17(16)30-3/h4-10H,11H2,1-3H3,(H,22,27)(H,23,28). The molecule has 2 N–H and O–H groups in total. The summed E-state index contributed by atoms with van der Waals surface area (Å²) in [6, 6.07) is 11.9. The van der Waals surface area contributed by atoms with E-state index in [4.69, 9.17) is 21.1 Å². The number of nitrogens with zero attached hydrogens (tertiary/aromatic N) is 3. The van der Waals surface area contributed by atoms with Crippen molar-refractivity contribution in [1.82, 2.24) is 15.0 Å². The molecule has 0 aliphatic rings. The minimum absolute atomic E-state index is 0.102. The van der Waals surface area contributed by atoms with Gasteiger partial charge in [0.25, 0.3) is 5.91 Å². The van der Waals surface area contributed by atoms with Gasteiger partial charge in [0, 0.05) is 6.07 Å². The number of rotatable bonds is 7. The molecule has 30 heavy (non-hydrogen) atoms. The summed E-state index contributed by atoms with van der Waals surface area (Å²) in [4.78, 5) is 25.0. The molecule has 1 heterocycles. The molecule has 0 fully saturated rings. The highest BCUT2D eigenvalue weighted by molar-refractivity contribution is 6.33. The number of hydrogen-bond donors (Lipinski definition) is 2. The second-order valence-electron chi connectivity index (χ2n) is 6.23. The lowest BCUT2D eigenvalue weighted by atomic mass is 10.2. The predicted molar refractivity (Wildman–Crippen MR) is 112 cm³/mol. The van der Waals surface area contributed by atoms with Crippen LogP contribution in [0.15, 0.2) is 42.5 Å². The van der Waals surface area contributed by atoms with E-state index in [2.05, 4.69) is 20.9 Å². The number of anilines is 2. The fourth-order valence-electron chi connectivity index (χ4n) is 2.69. The first kappa shape index (κ1) is 21.1. The molecular weight excluding hydrogens is 410 g/mol. The Morgan fingerprint density at radius 2 is 1.83 bits per heavy atom. The van der Waals surface area contributed by atoms with Crippen LogP contribution in [0.5, 0.6) is 11.5 Å². The van der Waals surface area contributed by atoms with Gasteiger partial charge < -0.3 is 20.1 Å². The molecule has 1 aromatic heterocycles. The summed E-state index contributed by atoms with van der Waals surface area (Å²) < 4.78 is 11.8. The topological polar surface area (TPSA) is 107 Å². The smallest absolute Gasteiger partial charge is 0.278 e. The summed E-state index contributed by atoms with van der Waals surface area (Å²) in [6.07, 6.45) is 0. The molecule has 0 aliphatic heterocycles. The normalized spacial score (nSPS) is 10.4. The SMILES string of the molecule is COc1ccc(NC(=O)Cn2nnc(C(=O)Nc3ccccc3Cl)c2C)c(OC)c1. The van der Waals surface area contributed by atoms with Crippen LogP contribution in [0, 0.1) is 6.92 Å². The molecule has 9 nitrogen and oxygen atoms in total. The van der Waals surface area contributed by atoms with Crippen LogP contribution in [0.2, 0.25) is 5.02 Å². The minimum atomic E-state index is -0.468. The van der Waals surface area contributed by atoms with Gasteiger partial charge in [-0.15, -0.1) is 5.10 Å². The fraction of sp³-hybridized carbons (Fsp3) is 0.200. The van der Waals surface area contributed by atoms with E-state index in [9.17, 15) is 9.59 Å². The van der Waals surface area contributed by atoms with Crippen molar-refractivity contribution in [2.75, 3.05) is 24.9 Å². The van der Waals surface area contributed by atoms with Crippen molar-refractivity contribution in [3.05, 3.63) is 58.9 Å². The highest BCUT2D eigenvalue weighted by atomic mass is 35.5. The molecule has 0 radical (unpaired) electrons. The van der Waals surface area contributed by atoms with Crippen LogP contribution in [0.1, 0.15) is 16.2 Å². The number of para-hydroxylation sites is 1. The second-order valence-corrected chi connectivity index (χ2v) is 6.64. The summed E-state index contributed by atoms with van der Waals surface area (Å²) in [7, 11) is 3.04. The number of benzene rings is 2. The minimum Gasteiger partial charge on any atom is -0.497 e. The maximum atomic E-state index is 12.5. The third kappa shape index (κ3) is 4.69. The average Bonchev–Trinajstić information content (AvgIpc) is 3.10. The molecule has 0 unspecified atom stereocenters. The quantitative estimate of drug-likeness (QED) is 0.597. The number of aromatic nitrogens is 3. The average molecular weight is 430 g/mol. The molecule has 0 atom stereocenters. The molecule has 0 saturated heterocycles. The van der Waals surface area contributed by atoms with Gasteiger partial charge in [-0.2, -0.15) is 0 Å². The van der Waals surface area contributed by atoms with E-state index in [0.717, 1.165) is 0 Å². The monoisotopic (exact) mass is 429 g/mol. The lowest BCUT2D eigenvalue weighted by molar-refractivity contribution is -0.117. The van der Waals surface area contributed by atoms with E-state index >= 15 is 0 Å². The summed E-state index contributed by atoms with van der Waals surface area (Å²) in [5.74, 6) is 0.234. The Morgan fingerprint density at radius 1 is 1.07 bits per heavy atom. The third-order valence-electron chi connectivity index (χ3n) is 4.30. The Hall–Kier alpha value is -3.59. The van der Waals surface area contributed by atoms with Crippen molar-refractivity contribution in [2.45, 2.75) is 13.5 Å². The molecule has 0 aliphatic carbocycles. The van der Waals surface area contributed by atoms with Gasteiger partial charge in [-0.05, 0) is 31.2 Å². The Labute approximate surface area is 177 Å². The summed E-state index contributed by atoms with van der Waals surface area (Å²) in [5.41, 5.74) is 1.49. The fourth-order valence-corrected chi connectivity index (χ4v) is 2.87. The number of ether oxygens (including phenoxy) is 2. The number of carbonyl (C=O) groups is 2. The molecule has 3 rings (SSSR count). The number of amides is 2. The van der Waals surface area contributed by atoms with E-state index < -0.39 is 5.91 Å². The number of methoxy groups -OCH3 is 2. The third-order valence-corrected chi connectivity index (χ3v) is 4.63. The van der Waals surface area contributed by atoms with Crippen LogP contribution in [-0.2, 0) is 11.3 Å². The largest absolute Gasteiger partial charge is 0.497 e. The highest BCUT2D eigenvalue weighted by Gasteiger charge is 2.19. The van der Waals surface area contributed by atoms with Crippen LogP contribution in [-0.4, -0.2) is 41.0 Å². The Bertz CT molecular complexity index is 1080. The Balaban J connectivity index is 1.69. The van der Waals surface area contributed by atoms with Crippen LogP contribution in [0.4, 0.5) is 11.4 Å². The molecule has 3 aromatic rings. The zero-order chi connectivity index (χ0) is 21.7. The van der Waals surface area contributed by atoms with Crippen molar-refractivity contribution >= 4 is 34.8 Å². The first-order valence-electron chi connectivity index (χ1n) is 8.90. The summed E-state index contributed by atoms with van der Waals surface area (Å²) >= 11 is 6.06. The van der Waals surface area contributed by atoms with Gasteiger partial charge in [0.2, 0.25) is 5.91 Å². The van der Waals surface area contributed by atoms with Crippen LogP contribution < -0.4 is 20.1 Å². The number of halogens is 1. The summed E-state index contributed by atoms with van der Waals surface area (Å²) in [6.45, 7) is 1.52. The van der Waals surface area contributed by atoms with Gasteiger partial charge in [0.05, 0.1) is 36.3 Å². The number of carbonyl (C=O) groups excluding carboxylic acids is 2. The van der Waals surface area contributed by atoms with Crippen LogP contribution in [0.25, 0.3) is 0 Å². The first-order chi connectivity index (χ1) is 14.4. The van der Waals surface area contributed by atoms with Gasteiger partial charge in [-0.3, -0.25) is 9.59 Å². The molecule has 0 bridgehead atoms. The van der Waals surface area contributed by atoms with Gasteiger partial charge in [-0.25, -0.2) is 4.68 Å². The van der Waals surface area contributed by atoms with Crippen molar-refractivity contribution in [3.8, 4) is 11.5 Å². The lowest BCUT2D eigenvalue weighted by Crippen LogP contribution is -2.21. The lowest BCUT2D eigenvalue weighted by Gasteiger charge is -2.12. The summed E-state index contributed by atoms with van der Waals surface area (Å²) in [5, 5.41) is 13.6. The highest BCUT2D eigenvalue weighted by Crippen LogP contribution is 2.29. The molecule has 0 spiro atoms. The molecule has 2 aromatic carbocycles. The predicted octanol–water partition coefficient (Wildman–Crippen LogP) is 3.15. The van der Waals surface area contributed by atoms with Gasteiger partial charge in [0.15, 0.2) is 5.69 Å². The number of nitrogens with one attached hydrogen (secondary N) is 2. The van der Waals surface area contributed by atoms with Crippen LogP contribution in [0.3, 0.4) is 0 Å². The zero-order valence-electron chi connectivity index (χ0n) is 16.6. The zero-order valence-corrected chi connectivity index (χ0v) is 17.4. The van der Waals surface area contributed by atoms with Crippen molar-refractivity contribution < 1.29 is 19.1 Å². The van der Waals surface area contributed by atoms with E-state index in [1.54, 1.807) is 56.5 Å². The van der Waals surface area contributed by atoms with Crippen LogP contribution >= 0.6 is 11.6 Å². The van der Waals surface area contributed by atoms with E-state index in [0.29, 0.717) is 33.6 Å². The Kier molecular flexibility index (Phi) is 6.53. The van der Waals surface area contributed by atoms with Gasteiger partial charge in [-0.1, -0.05) is 28.9 Å². The van der Waals surface area contributed by atoms with Crippen molar-refractivity contribution in [3.63, 3.8) is 0 Å². The molecule has 0 saturated carbocycles. The number of hydrogen-bond acceptors (Lipinski definition) is 6. The Morgan fingerprint density at radius 3 is 2.53 bits per heavy atom.